The van der Waals surface area contributed by atoms with Gasteiger partial charge < -0.3 is 10.1 Å². The first kappa shape index (κ1) is 16.1. The van der Waals surface area contributed by atoms with Crippen LogP contribution >= 0.6 is 12.2 Å². The van der Waals surface area contributed by atoms with Crippen molar-refractivity contribution in [3.8, 4) is 0 Å². The molecule has 130 valence electrons. The van der Waals surface area contributed by atoms with Crippen LogP contribution in [0.15, 0.2) is 12.7 Å². The highest BCUT2D eigenvalue weighted by molar-refractivity contribution is 7.92. The summed E-state index contributed by atoms with van der Waals surface area (Å²) in [5, 5.41) is 8.81. The van der Waals surface area contributed by atoms with Crippen LogP contribution in [0.1, 0.15) is 44.8 Å². The highest BCUT2D eigenvalue weighted by Crippen LogP contribution is 2.32. The number of nitrogens with one attached hydrogen (secondary N) is 1. The first-order valence-corrected chi connectivity index (χ1v) is 9.23. The molecule has 2 aliphatic rings. The summed E-state index contributed by atoms with van der Waals surface area (Å²) < 4.78 is 13.2. The Morgan fingerprint density at radius 3 is 2.96 bits per heavy atom. The molecule has 1 saturated heterocycles. The van der Waals surface area contributed by atoms with Gasteiger partial charge in [-0.3, -0.25) is 13.9 Å². The van der Waals surface area contributed by atoms with Crippen molar-refractivity contribution in [2.24, 2.45) is 5.14 Å². The van der Waals surface area contributed by atoms with Gasteiger partial charge in [-0.25, -0.2) is 15.0 Å². The third-order valence-corrected chi connectivity index (χ3v) is 5.04. The Bertz CT molecular complexity index is 690. The van der Waals surface area contributed by atoms with E-state index < -0.39 is 0 Å². The maximum atomic E-state index is 6.04. The van der Waals surface area contributed by atoms with Crippen LogP contribution in [0, 0.1) is 0 Å². The smallest absolute Gasteiger partial charge is 0.167 e. The number of nitrogens with zero attached hydrogens (tertiary/aromatic N) is 4. The minimum Gasteiger partial charge on any atom is -0.365 e. The minimum absolute atomic E-state index is 0.0569. The largest absolute Gasteiger partial charge is 0.365 e. The molecule has 1 aliphatic heterocycles. The van der Waals surface area contributed by atoms with Crippen LogP contribution in [0.3, 0.4) is 0 Å². The van der Waals surface area contributed by atoms with Crippen molar-refractivity contribution in [1.29, 1.82) is 0 Å². The third-order valence-electron chi connectivity index (χ3n) is 4.77. The molecule has 24 heavy (non-hydrogen) atoms. The molecule has 4 rings (SSSR count). The maximum Gasteiger partial charge on any atom is 0.167 e. The average Bonchev–Trinajstić information content (AvgIpc) is 3.33. The molecular formula is C15H22N6O2S. The van der Waals surface area contributed by atoms with Crippen molar-refractivity contribution >= 4 is 29.2 Å². The van der Waals surface area contributed by atoms with E-state index in [0.717, 1.165) is 42.1 Å². The summed E-state index contributed by atoms with van der Waals surface area (Å²) >= 11 is 0.879. The molecule has 0 bridgehead atoms. The summed E-state index contributed by atoms with van der Waals surface area (Å²) in [5.41, 5.74) is 1.62. The predicted octanol–water partition coefficient (Wildman–Crippen LogP) is 2.40. The summed E-state index contributed by atoms with van der Waals surface area (Å²) in [5.74, 6) is 0.822. The zero-order valence-electron chi connectivity index (χ0n) is 13.4. The van der Waals surface area contributed by atoms with Gasteiger partial charge in [-0.15, -0.1) is 0 Å². The standard InChI is InChI=1S/C15H22N6O2S/c16-24-22-7-11-5-6-12(23-11)21-9-19-13-14(17-8-18-15(13)21)20-10-3-1-2-4-10/h8-12H,1-7,16H2,(H,17,18,20). The fourth-order valence-electron chi connectivity index (χ4n) is 3.56. The first-order chi connectivity index (χ1) is 11.8. The monoisotopic (exact) mass is 350 g/mol. The number of anilines is 1. The first-order valence-electron chi connectivity index (χ1n) is 8.43. The molecule has 2 fully saturated rings. The van der Waals surface area contributed by atoms with Gasteiger partial charge in [0.1, 0.15) is 12.6 Å². The molecule has 8 nitrogen and oxygen atoms in total. The number of ether oxygens (including phenoxy) is 1. The number of rotatable bonds is 6. The van der Waals surface area contributed by atoms with Crippen molar-refractivity contribution in [3.63, 3.8) is 0 Å². The lowest BCUT2D eigenvalue weighted by Gasteiger charge is -2.15. The number of hydrogen-bond acceptors (Lipinski definition) is 8. The van der Waals surface area contributed by atoms with E-state index in [-0.39, 0.29) is 12.3 Å². The fourth-order valence-corrected chi connectivity index (χ4v) is 3.79. The zero-order chi connectivity index (χ0) is 16.4. The van der Waals surface area contributed by atoms with Crippen molar-refractivity contribution in [3.05, 3.63) is 12.7 Å². The van der Waals surface area contributed by atoms with Crippen LogP contribution < -0.4 is 10.5 Å². The van der Waals surface area contributed by atoms with E-state index in [2.05, 4.69) is 20.3 Å². The van der Waals surface area contributed by atoms with E-state index in [1.54, 1.807) is 12.7 Å². The van der Waals surface area contributed by atoms with Crippen molar-refractivity contribution in [2.45, 2.75) is 56.9 Å². The second-order valence-corrected chi connectivity index (χ2v) is 6.77. The van der Waals surface area contributed by atoms with Crippen molar-refractivity contribution in [1.82, 2.24) is 19.5 Å². The number of fused-ring (bicyclic) bond motifs is 1. The van der Waals surface area contributed by atoms with Gasteiger partial charge in [-0.2, -0.15) is 0 Å². The lowest BCUT2D eigenvalue weighted by molar-refractivity contribution is -0.0128. The summed E-state index contributed by atoms with van der Waals surface area (Å²) in [4.78, 5) is 13.3. The SMILES string of the molecule is NSOCC1CCC(n2cnc3c(NC4CCCC4)ncnc32)O1. The van der Waals surface area contributed by atoms with Crippen LogP contribution in [-0.4, -0.2) is 38.3 Å². The summed E-state index contributed by atoms with van der Waals surface area (Å²) in [6.07, 6.45) is 10.2. The predicted molar refractivity (Wildman–Crippen MR) is 92.1 cm³/mol. The number of imidazole rings is 1. The molecule has 2 atom stereocenters. The van der Waals surface area contributed by atoms with Crippen molar-refractivity contribution in [2.75, 3.05) is 11.9 Å². The Kier molecular flexibility index (Phi) is 4.83. The third kappa shape index (κ3) is 3.21. The quantitative estimate of drug-likeness (QED) is 0.605. The molecule has 1 saturated carbocycles. The Labute approximate surface area is 144 Å². The molecule has 3 N–H and O–H groups in total. The summed E-state index contributed by atoms with van der Waals surface area (Å²) in [6, 6.07) is 0.492. The molecule has 9 heteroatoms. The Hall–Kier alpha value is -1.42. The van der Waals surface area contributed by atoms with Crippen molar-refractivity contribution < 1.29 is 8.92 Å². The molecule has 1 aliphatic carbocycles. The Morgan fingerprint density at radius 2 is 2.12 bits per heavy atom. The van der Waals surface area contributed by atoms with Gasteiger partial charge in [0.2, 0.25) is 0 Å². The number of aromatic nitrogens is 4. The van der Waals surface area contributed by atoms with Gasteiger partial charge in [-0.1, -0.05) is 12.8 Å². The zero-order valence-corrected chi connectivity index (χ0v) is 14.2. The van der Waals surface area contributed by atoms with Gasteiger partial charge >= 0.3 is 0 Å². The molecular weight excluding hydrogens is 328 g/mol. The molecule has 0 spiro atoms. The second kappa shape index (κ2) is 7.22. The Morgan fingerprint density at radius 1 is 1.25 bits per heavy atom. The lowest BCUT2D eigenvalue weighted by atomic mass is 10.2. The average molecular weight is 350 g/mol. The normalized spacial score (nSPS) is 24.9. The molecule has 0 aromatic carbocycles. The second-order valence-electron chi connectivity index (χ2n) is 6.34. The summed E-state index contributed by atoms with van der Waals surface area (Å²) in [7, 11) is 0. The van der Waals surface area contributed by atoms with E-state index in [1.165, 1.54) is 25.7 Å². The molecule has 0 radical (unpaired) electrons. The maximum absolute atomic E-state index is 6.04. The summed E-state index contributed by atoms with van der Waals surface area (Å²) in [6.45, 7) is 0.494. The highest BCUT2D eigenvalue weighted by Gasteiger charge is 2.29. The minimum atomic E-state index is -0.0689. The van der Waals surface area contributed by atoms with E-state index >= 15 is 0 Å². The van der Waals surface area contributed by atoms with Crippen LogP contribution in [0.25, 0.3) is 11.2 Å². The molecule has 0 amide bonds. The van der Waals surface area contributed by atoms with Gasteiger partial charge in [-0.05, 0) is 25.7 Å². The van der Waals surface area contributed by atoms with E-state index in [4.69, 9.17) is 14.1 Å². The van der Waals surface area contributed by atoms with E-state index in [9.17, 15) is 0 Å². The van der Waals surface area contributed by atoms with Crippen LogP contribution in [0.5, 0.6) is 0 Å². The van der Waals surface area contributed by atoms with Gasteiger partial charge in [0.25, 0.3) is 0 Å². The Balaban J connectivity index is 1.52. The number of nitrogens with two attached hydrogens (primary N) is 1. The van der Waals surface area contributed by atoms with Gasteiger partial charge in [0.15, 0.2) is 17.0 Å². The molecule has 2 unspecified atom stereocenters. The van der Waals surface area contributed by atoms with Gasteiger partial charge in [0, 0.05) is 6.04 Å². The van der Waals surface area contributed by atoms with Crippen LogP contribution in [0.4, 0.5) is 5.82 Å². The van der Waals surface area contributed by atoms with E-state index in [0.29, 0.717) is 12.6 Å². The lowest BCUT2D eigenvalue weighted by Crippen LogP contribution is -2.16. The molecule has 2 aromatic heterocycles. The van der Waals surface area contributed by atoms with E-state index in [1.807, 2.05) is 4.57 Å². The molecule has 2 aromatic rings. The molecule has 3 heterocycles. The van der Waals surface area contributed by atoms with Crippen LogP contribution in [0.2, 0.25) is 0 Å². The highest BCUT2D eigenvalue weighted by atomic mass is 32.2. The van der Waals surface area contributed by atoms with Crippen LogP contribution in [-0.2, 0) is 8.92 Å². The number of hydrogen-bond donors (Lipinski definition) is 2. The van der Waals surface area contributed by atoms with Gasteiger partial charge in [0.05, 0.1) is 31.3 Å². The fraction of sp³-hybridized carbons (Fsp3) is 0.667. The topological polar surface area (TPSA) is 100 Å².